The van der Waals surface area contributed by atoms with E-state index in [0.29, 0.717) is 5.92 Å². The number of hydrogen-bond donors (Lipinski definition) is 0. The highest BCUT2D eigenvalue weighted by molar-refractivity contribution is 7.99. The first kappa shape index (κ1) is 11.1. The van der Waals surface area contributed by atoms with Gasteiger partial charge in [0.05, 0.1) is 25.2 Å². The van der Waals surface area contributed by atoms with Gasteiger partial charge in [0.1, 0.15) is 5.75 Å². The fraction of sp³-hybridized carbons (Fsp3) is 0.455. The van der Waals surface area contributed by atoms with E-state index in [1.807, 2.05) is 18.2 Å². The summed E-state index contributed by atoms with van der Waals surface area (Å²) in [5, 5.41) is 0.753. The molecule has 15 heavy (non-hydrogen) atoms. The zero-order chi connectivity index (χ0) is 10.7. The highest BCUT2D eigenvalue weighted by atomic mass is 35.5. The summed E-state index contributed by atoms with van der Waals surface area (Å²) in [6, 6.07) is 5.70. The van der Waals surface area contributed by atoms with Crippen LogP contribution in [0.5, 0.6) is 5.75 Å². The molecule has 0 aromatic heterocycles. The second-order valence-electron chi connectivity index (χ2n) is 3.51. The number of halogens is 1. The van der Waals surface area contributed by atoms with Crippen LogP contribution < -0.4 is 4.74 Å². The van der Waals surface area contributed by atoms with Gasteiger partial charge in [0.2, 0.25) is 0 Å². The number of ether oxygens (including phenoxy) is 2. The molecule has 0 bridgehead atoms. The molecule has 1 fully saturated rings. The van der Waals surface area contributed by atoms with Crippen LogP contribution in [0.25, 0.3) is 0 Å². The topological polar surface area (TPSA) is 18.5 Å². The minimum absolute atomic E-state index is 0.679. The SMILES string of the molecule is COc1ccc(Cl)cc1SCC1COC1. The maximum Gasteiger partial charge on any atom is 0.132 e. The summed E-state index contributed by atoms with van der Waals surface area (Å²) in [6.45, 7) is 1.77. The van der Waals surface area contributed by atoms with Crippen LogP contribution in [0.2, 0.25) is 5.02 Å². The number of benzene rings is 1. The summed E-state index contributed by atoms with van der Waals surface area (Å²) in [5.74, 6) is 2.64. The molecule has 4 heteroatoms. The Kier molecular flexibility index (Phi) is 3.78. The van der Waals surface area contributed by atoms with Gasteiger partial charge in [-0.15, -0.1) is 11.8 Å². The largest absolute Gasteiger partial charge is 0.496 e. The van der Waals surface area contributed by atoms with Crippen LogP contribution >= 0.6 is 23.4 Å². The molecular weight excluding hydrogens is 232 g/mol. The minimum Gasteiger partial charge on any atom is -0.496 e. The van der Waals surface area contributed by atoms with Gasteiger partial charge in [0.25, 0.3) is 0 Å². The zero-order valence-corrected chi connectivity index (χ0v) is 10.1. The van der Waals surface area contributed by atoms with Gasteiger partial charge >= 0.3 is 0 Å². The maximum atomic E-state index is 5.94. The molecule has 0 amide bonds. The first-order chi connectivity index (χ1) is 7.29. The van der Waals surface area contributed by atoms with Crippen molar-refractivity contribution in [3.63, 3.8) is 0 Å². The fourth-order valence-corrected chi connectivity index (χ4v) is 2.70. The van der Waals surface area contributed by atoms with Gasteiger partial charge in [-0.05, 0) is 18.2 Å². The van der Waals surface area contributed by atoms with Crippen LogP contribution in [0.3, 0.4) is 0 Å². The Morgan fingerprint density at radius 2 is 2.33 bits per heavy atom. The van der Waals surface area contributed by atoms with Crippen LogP contribution in [-0.2, 0) is 4.74 Å². The van der Waals surface area contributed by atoms with Gasteiger partial charge in [-0.2, -0.15) is 0 Å². The summed E-state index contributed by atoms with van der Waals surface area (Å²) in [7, 11) is 1.68. The third-order valence-electron chi connectivity index (χ3n) is 2.31. The Hall–Kier alpha value is -0.380. The van der Waals surface area contributed by atoms with E-state index in [1.54, 1.807) is 18.9 Å². The van der Waals surface area contributed by atoms with Gasteiger partial charge < -0.3 is 9.47 Å². The van der Waals surface area contributed by atoms with Gasteiger partial charge in [-0.3, -0.25) is 0 Å². The van der Waals surface area contributed by atoms with Crippen molar-refractivity contribution < 1.29 is 9.47 Å². The molecule has 0 aliphatic carbocycles. The fourth-order valence-electron chi connectivity index (χ4n) is 1.35. The normalized spacial score (nSPS) is 16.1. The molecule has 0 N–H and O–H groups in total. The maximum absolute atomic E-state index is 5.94. The van der Waals surface area contributed by atoms with Crippen molar-refractivity contribution in [1.29, 1.82) is 0 Å². The second-order valence-corrected chi connectivity index (χ2v) is 5.01. The summed E-state index contributed by atoms with van der Waals surface area (Å²) >= 11 is 7.72. The van der Waals surface area contributed by atoms with Crippen molar-refractivity contribution in [2.45, 2.75) is 4.90 Å². The van der Waals surface area contributed by atoms with Crippen molar-refractivity contribution in [2.24, 2.45) is 5.92 Å². The number of rotatable bonds is 4. The number of hydrogen-bond acceptors (Lipinski definition) is 3. The lowest BCUT2D eigenvalue weighted by atomic mass is 10.1. The van der Waals surface area contributed by atoms with E-state index in [1.165, 1.54) is 0 Å². The molecule has 2 nitrogen and oxygen atoms in total. The van der Waals surface area contributed by atoms with Crippen LogP contribution in [0.4, 0.5) is 0 Å². The average Bonchev–Trinajstić information content (AvgIpc) is 2.16. The minimum atomic E-state index is 0.679. The monoisotopic (exact) mass is 244 g/mol. The third kappa shape index (κ3) is 2.80. The molecule has 1 aliphatic rings. The Balaban J connectivity index is 2.00. The zero-order valence-electron chi connectivity index (χ0n) is 8.53. The molecule has 1 aromatic carbocycles. The van der Waals surface area contributed by atoms with Crippen LogP contribution in [0.1, 0.15) is 0 Å². The molecule has 1 aliphatic heterocycles. The number of thioether (sulfide) groups is 1. The highest BCUT2D eigenvalue weighted by Gasteiger charge is 2.19. The summed E-state index contributed by atoms with van der Waals surface area (Å²) in [6.07, 6.45) is 0. The lowest BCUT2D eigenvalue weighted by Crippen LogP contribution is -2.29. The Morgan fingerprint density at radius 3 is 2.93 bits per heavy atom. The van der Waals surface area contributed by atoms with Crippen LogP contribution in [0.15, 0.2) is 23.1 Å². The lowest BCUT2D eigenvalue weighted by Gasteiger charge is -2.25. The summed E-state index contributed by atoms with van der Waals surface area (Å²) in [5.41, 5.74) is 0. The first-order valence-corrected chi connectivity index (χ1v) is 6.20. The van der Waals surface area contributed by atoms with Gasteiger partial charge in [0.15, 0.2) is 0 Å². The average molecular weight is 245 g/mol. The third-order valence-corrected chi connectivity index (χ3v) is 3.81. The molecule has 0 radical (unpaired) electrons. The summed E-state index contributed by atoms with van der Waals surface area (Å²) < 4.78 is 10.4. The predicted molar refractivity (Wildman–Crippen MR) is 63.0 cm³/mol. The molecule has 1 aromatic rings. The van der Waals surface area contributed by atoms with Crippen molar-refractivity contribution in [3.8, 4) is 5.75 Å². The molecule has 0 atom stereocenters. The van der Waals surface area contributed by atoms with E-state index in [0.717, 1.165) is 34.6 Å². The van der Waals surface area contributed by atoms with E-state index in [4.69, 9.17) is 21.1 Å². The molecule has 0 spiro atoms. The quantitative estimate of drug-likeness (QED) is 0.759. The smallest absolute Gasteiger partial charge is 0.132 e. The van der Waals surface area contributed by atoms with E-state index in [9.17, 15) is 0 Å². The highest BCUT2D eigenvalue weighted by Crippen LogP contribution is 2.33. The molecule has 82 valence electrons. The van der Waals surface area contributed by atoms with Crippen LogP contribution in [0, 0.1) is 5.92 Å². The van der Waals surface area contributed by atoms with Crippen molar-refractivity contribution in [2.75, 3.05) is 26.1 Å². The standard InChI is InChI=1S/C11H13ClO2S/c1-13-10-3-2-9(12)4-11(10)15-7-8-5-14-6-8/h2-4,8H,5-7H2,1H3. The Bertz CT molecular complexity index is 339. The lowest BCUT2D eigenvalue weighted by molar-refractivity contribution is -0.0196. The number of methoxy groups -OCH3 is 1. The predicted octanol–water partition coefficient (Wildman–Crippen LogP) is 3.09. The van der Waals surface area contributed by atoms with Gasteiger partial charge in [-0.1, -0.05) is 11.6 Å². The Labute approximate surface area is 98.9 Å². The van der Waals surface area contributed by atoms with Crippen molar-refractivity contribution in [3.05, 3.63) is 23.2 Å². The molecule has 0 unspecified atom stereocenters. The Morgan fingerprint density at radius 1 is 1.53 bits per heavy atom. The molecular formula is C11H13ClO2S. The van der Waals surface area contributed by atoms with Gasteiger partial charge in [0, 0.05) is 16.7 Å². The van der Waals surface area contributed by atoms with E-state index in [2.05, 4.69) is 0 Å². The van der Waals surface area contributed by atoms with Crippen LogP contribution in [-0.4, -0.2) is 26.1 Å². The van der Waals surface area contributed by atoms with Gasteiger partial charge in [-0.25, -0.2) is 0 Å². The first-order valence-electron chi connectivity index (χ1n) is 4.83. The summed E-state index contributed by atoms with van der Waals surface area (Å²) in [4.78, 5) is 1.11. The van der Waals surface area contributed by atoms with Crippen molar-refractivity contribution in [1.82, 2.24) is 0 Å². The second kappa shape index (κ2) is 5.10. The van der Waals surface area contributed by atoms with E-state index in [-0.39, 0.29) is 0 Å². The van der Waals surface area contributed by atoms with E-state index < -0.39 is 0 Å². The molecule has 0 saturated carbocycles. The molecule has 2 rings (SSSR count). The van der Waals surface area contributed by atoms with E-state index >= 15 is 0 Å². The molecule has 1 saturated heterocycles. The molecule has 1 heterocycles. The van der Waals surface area contributed by atoms with Crippen molar-refractivity contribution >= 4 is 23.4 Å².